The maximum absolute atomic E-state index is 12.1. The fraction of sp³-hybridized carbons (Fsp3) is 0.167. The number of pyridine rings is 1. The molecular weight excluding hydrogens is 322 g/mol. The smallest absolute Gasteiger partial charge is 0.230 e. The number of benzene rings is 1. The van der Waals surface area contributed by atoms with E-state index in [0.717, 1.165) is 5.56 Å². The number of hydrogen-bond acceptors (Lipinski definition) is 6. The van der Waals surface area contributed by atoms with Crippen molar-refractivity contribution in [2.24, 2.45) is 0 Å². The molecule has 3 heterocycles. The topological polar surface area (TPSA) is 86.5 Å². The molecule has 0 fully saturated rings. The number of rotatable bonds is 4. The van der Waals surface area contributed by atoms with Crippen LogP contribution in [0.4, 0.5) is 5.69 Å². The van der Waals surface area contributed by atoms with E-state index in [0.29, 0.717) is 41.9 Å². The third-order valence-corrected chi connectivity index (χ3v) is 3.69. The number of hydrogen-bond donors (Lipinski definition) is 1. The Bertz CT molecular complexity index is 892. The number of ether oxygens (including phenoxy) is 2. The molecular formula is C18H15N3O4. The molecule has 7 nitrogen and oxygen atoms in total. The molecule has 0 saturated carbocycles. The lowest BCUT2D eigenvalue weighted by molar-refractivity contribution is -0.115. The van der Waals surface area contributed by atoms with Gasteiger partial charge in [0.1, 0.15) is 13.2 Å². The van der Waals surface area contributed by atoms with Crippen LogP contribution in [0.15, 0.2) is 53.3 Å². The fourth-order valence-electron chi connectivity index (χ4n) is 2.53. The Labute approximate surface area is 143 Å². The average molecular weight is 337 g/mol. The average Bonchev–Trinajstić information content (AvgIpc) is 3.10. The Kier molecular flexibility index (Phi) is 4.04. The van der Waals surface area contributed by atoms with Gasteiger partial charge in [0.15, 0.2) is 17.3 Å². The van der Waals surface area contributed by atoms with Crippen molar-refractivity contribution in [1.29, 1.82) is 0 Å². The van der Waals surface area contributed by atoms with Crippen molar-refractivity contribution in [3.63, 3.8) is 0 Å². The molecule has 7 heteroatoms. The molecule has 3 aromatic rings. The highest BCUT2D eigenvalue weighted by Gasteiger charge is 2.15. The third-order valence-electron chi connectivity index (χ3n) is 3.69. The maximum Gasteiger partial charge on any atom is 0.230 e. The number of aromatic nitrogens is 2. The van der Waals surface area contributed by atoms with Crippen molar-refractivity contribution in [3.05, 3.63) is 54.5 Å². The van der Waals surface area contributed by atoms with Crippen LogP contribution >= 0.6 is 0 Å². The van der Waals surface area contributed by atoms with Gasteiger partial charge in [0.05, 0.1) is 12.1 Å². The van der Waals surface area contributed by atoms with E-state index < -0.39 is 0 Å². The van der Waals surface area contributed by atoms with E-state index in [9.17, 15) is 4.79 Å². The lowest BCUT2D eigenvalue weighted by atomic mass is 10.1. The van der Waals surface area contributed by atoms with Crippen LogP contribution in [0.5, 0.6) is 11.5 Å². The number of amides is 1. The minimum atomic E-state index is -0.173. The van der Waals surface area contributed by atoms with Gasteiger partial charge >= 0.3 is 0 Å². The first-order chi connectivity index (χ1) is 12.3. The van der Waals surface area contributed by atoms with Gasteiger partial charge < -0.3 is 19.3 Å². The number of nitrogens with zero attached hydrogens (tertiary/aromatic N) is 2. The van der Waals surface area contributed by atoms with Gasteiger partial charge in [-0.1, -0.05) is 5.16 Å². The highest BCUT2D eigenvalue weighted by atomic mass is 16.6. The summed E-state index contributed by atoms with van der Waals surface area (Å²) in [6.45, 7) is 1.07. The van der Waals surface area contributed by atoms with E-state index in [1.165, 1.54) is 0 Å². The largest absolute Gasteiger partial charge is 0.486 e. The summed E-state index contributed by atoms with van der Waals surface area (Å²) in [6, 6.07) is 10.7. The molecule has 25 heavy (non-hydrogen) atoms. The van der Waals surface area contributed by atoms with Gasteiger partial charge in [-0.25, -0.2) is 0 Å². The first-order valence-electron chi connectivity index (χ1n) is 7.83. The summed E-state index contributed by atoms with van der Waals surface area (Å²) in [5.74, 6) is 1.79. The molecule has 4 rings (SSSR count). The maximum atomic E-state index is 12.1. The van der Waals surface area contributed by atoms with Crippen molar-refractivity contribution in [2.45, 2.75) is 6.42 Å². The van der Waals surface area contributed by atoms with Crippen molar-refractivity contribution < 1.29 is 18.8 Å². The zero-order chi connectivity index (χ0) is 17.1. The predicted octanol–water partition coefficient (Wildman–Crippen LogP) is 2.69. The molecule has 1 amide bonds. The lowest BCUT2D eigenvalue weighted by Gasteiger charge is -2.18. The standard InChI is InChI=1S/C18H15N3O4/c22-18(20-13-3-5-19-6-4-13)11-14-10-16(25-21-14)12-1-2-15-17(9-12)24-8-7-23-15/h1-6,9-10H,7-8,11H2,(H,19,20,22). The Balaban J connectivity index is 1.46. The van der Waals surface area contributed by atoms with E-state index >= 15 is 0 Å². The molecule has 0 radical (unpaired) electrons. The van der Waals surface area contributed by atoms with Crippen LogP contribution in [-0.4, -0.2) is 29.3 Å². The molecule has 0 saturated heterocycles. The number of anilines is 1. The Morgan fingerprint density at radius 3 is 2.68 bits per heavy atom. The number of carbonyl (C=O) groups is 1. The van der Waals surface area contributed by atoms with E-state index in [1.54, 1.807) is 30.6 Å². The highest BCUT2D eigenvalue weighted by Crippen LogP contribution is 2.34. The van der Waals surface area contributed by atoms with Crippen molar-refractivity contribution in [2.75, 3.05) is 18.5 Å². The fourth-order valence-corrected chi connectivity index (χ4v) is 2.53. The molecule has 0 atom stereocenters. The number of nitrogens with one attached hydrogen (secondary N) is 1. The minimum Gasteiger partial charge on any atom is -0.486 e. The summed E-state index contributed by atoms with van der Waals surface area (Å²) in [5.41, 5.74) is 2.06. The summed E-state index contributed by atoms with van der Waals surface area (Å²) in [7, 11) is 0. The number of carbonyl (C=O) groups excluding carboxylic acids is 1. The molecule has 1 aliphatic heterocycles. The van der Waals surface area contributed by atoms with Crippen LogP contribution < -0.4 is 14.8 Å². The van der Waals surface area contributed by atoms with Gasteiger partial charge in [-0.3, -0.25) is 9.78 Å². The van der Waals surface area contributed by atoms with E-state index in [2.05, 4.69) is 15.5 Å². The second kappa shape index (κ2) is 6.64. The zero-order valence-corrected chi connectivity index (χ0v) is 13.3. The first kappa shape index (κ1) is 15.2. The monoisotopic (exact) mass is 337 g/mol. The van der Waals surface area contributed by atoms with Gasteiger partial charge in [-0.15, -0.1) is 0 Å². The van der Waals surface area contributed by atoms with Gasteiger partial charge in [0, 0.05) is 29.7 Å². The molecule has 0 aliphatic carbocycles. The molecule has 1 aromatic carbocycles. The van der Waals surface area contributed by atoms with Gasteiger partial charge in [0.2, 0.25) is 5.91 Å². The molecule has 126 valence electrons. The molecule has 1 aliphatic rings. The zero-order valence-electron chi connectivity index (χ0n) is 13.3. The Morgan fingerprint density at radius 2 is 1.84 bits per heavy atom. The predicted molar refractivity (Wildman–Crippen MR) is 89.5 cm³/mol. The Hall–Kier alpha value is -3.35. The summed E-state index contributed by atoms with van der Waals surface area (Å²) < 4.78 is 16.4. The highest BCUT2D eigenvalue weighted by molar-refractivity contribution is 5.92. The summed E-state index contributed by atoms with van der Waals surface area (Å²) >= 11 is 0. The minimum absolute atomic E-state index is 0.121. The van der Waals surface area contributed by atoms with Crippen molar-refractivity contribution >= 4 is 11.6 Å². The third kappa shape index (κ3) is 3.45. The molecule has 2 aromatic heterocycles. The normalized spacial score (nSPS) is 12.6. The first-order valence-corrected chi connectivity index (χ1v) is 7.83. The summed E-state index contributed by atoms with van der Waals surface area (Å²) in [4.78, 5) is 16.0. The van der Waals surface area contributed by atoms with Crippen LogP contribution in [0.3, 0.4) is 0 Å². The van der Waals surface area contributed by atoms with E-state index in [4.69, 9.17) is 14.0 Å². The molecule has 1 N–H and O–H groups in total. The molecule has 0 spiro atoms. The second-order valence-corrected chi connectivity index (χ2v) is 5.50. The van der Waals surface area contributed by atoms with Crippen molar-refractivity contribution in [1.82, 2.24) is 10.1 Å². The summed E-state index contributed by atoms with van der Waals surface area (Å²) in [6.07, 6.45) is 3.35. The van der Waals surface area contributed by atoms with E-state index in [1.807, 2.05) is 18.2 Å². The second-order valence-electron chi connectivity index (χ2n) is 5.50. The van der Waals surface area contributed by atoms with Crippen LogP contribution in [0.25, 0.3) is 11.3 Å². The van der Waals surface area contributed by atoms with E-state index in [-0.39, 0.29) is 12.3 Å². The van der Waals surface area contributed by atoms with Crippen LogP contribution in [0.1, 0.15) is 5.69 Å². The van der Waals surface area contributed by atoms with Crippen LogP contribution in [0.2, 0.25) is 0 Å². The van der Waals surface area contributed by atoms with Crippen LogP contribution in [0, 0.1) is 0 Å². The van der Waals surface area contributed by atoms with Gasteiger partial charge in [-0.05, 0) is 30.3 Å². The summed E-state index contributed by atoms with van der Waals surface area (Å²) in [5, 5.41) is 6.75. The Morgan fingerprint density at radius 1 is 1.04 bits per heavy atom. The SMILES string of the molecule is O=C(Cc1cc(-c2ccc3c(c2)OCCO3)on1)Nc1ccncc1. The lowest BCUT2D eigenvalue weighted by Crippen LogP contribution is -2.15. The van der Waals surface area contributed by atoms with Crippen LogP contribution in [-0.2, 0) is 11.2 Å². The van der Waals surface area contributed by atoms with Crippen molar-refractivity contribution in [3.8, 4) is 22.8 Å². The van der Waals surface area contributed by atoms with Gasteiger partial charge in [0.25, 0.3) is 0 Å². The number of fused-ring (bicyclic) bond motifs is 1. The van der Waals surface area contributed by atoms with Gasteiger partial charge in [-0.2, -0.15) is 0 Å². The quantitative estimate of drug-likeness (QED) is 0.788. The molecule has 0 unspecified atom stereocenters. The molecule has 0 bridgehead atoms.